The van der Waals surface area contributed by atoms with Crippen LogP contribution in [0.1, 0.15) is 25.5 Å². The Bertz CT molecular complexity index is 340. The molecule has 0 aliphatic heterocycles. The number of nitrogens with zero attached hydrogens (tertiary/aromatic N) is 1. The van der Waals surface area contributed by atoms with Crippen molar-refractivity contribution in [3.05, 3.63) is 16.4 Å². The van der Waals surface area contributed by atoms with E-state index in [1.54, 1.807) is 17.9 Å². The molecule has 0 spiro atoms. The van der Waals surface area contributed by atoms with Gasteiger partial charge in [-0.2, -0.15) is 0 Å². The van der Waals surface area contributed by atoms with Crippen LogP contribution in [0, 0.1) is 5.92 Å². The molecule has 15 heavy (non-hydrogen) atoms. The van der Waals surface area contributed by atoms with Crippen molar-refractivity contribution in [1.82, 2.24) is 0 Å². The molecule has 5 heteroatoms. The SMILES string of the molecule is COC(=O)C(c1cc(Br)[n+](C)o1)C(C)C. The van der Waals surface area contributed by atoms with Gasteiger partial charge in [0.15, 0.2) is 7.05 Å². The number of methoxy groups -OCH3 is 1. The third kappa shape index (κ3) is 2.59. The average molecular weight is 277 g/mol. The largest absolute Gasteiger partial charge is 0.468 e. The van der Waals surface area contributed by atoms with E-state index in [1.807, 2.05) is 13.8 Å². The molecule has 1 rings (SSSR count). The van der Waals surface area contributed by atoms with E-state index in [1.165, 1.54) is 7.11 Å². The molecule has 0 fully saturated rings. The number of esters is 1. The van der Waals surface area contributed by atoms with Crippen molar-refractivity contribution in [3.8, 4) is 0 Å². The molecular weight excluding hydrogens is 262 g/mol. The number of aryl methyl sites for hydroxylation is 1. The van der Waals surface area contributed by atoms with Crippen molar-refractivity contribution < 1.29 is 18.8 Å². The molecule has 0 N–H and O–H groups in total. The maximum Gasteiger partial charge on any atom is 0.316 e. The van der Waals surface area contributed by atoms with Gasteiger partial charge in [-0.1, -0.05) is 13.8 Å². The van der Waals surface area contributed by atoms with E-state index >= 15 is 0 Å². The smallest absolute Gasteiger partial charge is 0.316 e. The molecule has 0 aliphatic carbocycles. The fourth-order valence-corrected chi connectivity index (χ4v) is 1.72. The van der Waals surface area contributed by atoms with Gasteiger partial charge >= 0.3 is 5.97 Å². The molecule has 0 radical (unpaired) electrons. The molecule has 0 saturated heterocycles. The van der Waals surface area contributed by atoms with Crippen LogP contribution in [0.3, 0.4) is 0 Å². The number of ether oxygens (including phenoxy) is 1. The molecule has 0 aromatic carbocycles. The third-order valence-electron chi connectivity index (χ3n) is 2.23. The van der Waals surface area contributed by atoms with Gasteiger partial charge in [0.1, 0.15) is 5.92 Å². The molecular formula is C10H15BrNO3+. The molecule has 1 atom stereocenters. The van der Waals surface area contributed by atoms with E-state index in [0.29, 0.717) is 5.76 Å². The van der Waals surface area contributed by atoms with Crippen LogP contribution in [0.5, 0.6) is 0 Å². The Labute approximate surface area is 97.3 Å². The highest BCUT2D eigenvalue weighted by atomic mass is 79.9. The lowest BCUT2D eigenvalue weighted by Gasteiger charge is -2.13. The van der Waals surface area contributed by atoms with Gasteiger partial charge in [0.25, 0.3) is 4.60 Å². The maximum atomic E-state index is 11.6. The summed E-state index contributed by atoms with van der Waals surface area (Å²) < 4.78 is 12.5. The second-order valence-corrected chi connectivity index (χ2v) is 4.52. The molecule has 1 unspecified atom stereocenters. The minimum atomic E-state index is -0.354. The van der Waals surface area contributed by atoms with Crippen LogP contribution in [-0.4, -0.2) is 13.1 Å². The van der Waals surface area contributed by atoms with Crippen molar-refractivity contribution >= 4 is 21.9 Å². The fraction of sp³-hybridized carbons (Fsp3) is 0.600. The number of rotatable bonds is 3. The summed E-state index contributed by atoms with van der Waals surface area (Å²) in [6.45, 7) is 3.91. The van der Waals surface area contributed by atoms with Crippen molar-refractivity contribution in [1.29, 1.82) is 0 Å². The summed E-state index contributed by atoms with van der Waals surface area (Å²) in [5.74, 6) is 0.126. The maximum absolute atomic E-state index is 11.6. The Morgan fingerprint density at radius 1 is 1.60 bits per heavy atom. The minimum Gasteiger partial charge on any atom is -0.468 e. The number of carbonyl (C=O) groups excluding carboxylic acids is 1. The van der Waals surface area contributed by atoms with Crippen molar-refractivity contribution in [3.63, 3.8) is 0 Å². The lowest BCUT2D eigenvalue weighted by Crippen LogP contribution is -2.26. The first-order valence-electron chi connectivity index (χ1n) is 4.71. The highest BCUT2D eigenvalue weighted by Gasteiger charge is 2.32. The quantitative estimate of drug-likeness (QED) is 0.625. The number of halogens is 1. The summed E-state index contributed by atoms with van der Waals surface area (Å²) in [4.78, 5) is 11.6. The highest BCUT2D eigenvalue weighted by Crippen LogP contribution is 2.26. The molecule has 1 aromatic heterocycles. The van der Waals surface area contributed by atoms with Crippen LogP contribution in [0.25, 0.3) is 0 Å². The molecule has 84 valence electrons. The fourth-order valence-electron chi connectivity index (χ4n) is 1.43. The molecule has 0 amide bonds. The lowest BCUT2D eigenvalue weighted by atomic mass is 9.93. The second kappa shape index (κ2) is 4.79. The van der Waals surface area contributed by atoms with Crippen LogP contribution in [0.4, 0.5) is 0 Å². The van der Waals surface area contributed by atoms with Crippen LogP contribution in [-0.2, 0) is 16.6 Å². The zero-order chi connectivity index (χ0) is 11.6. The molecule has 0 aliphatic rings. The summed E-state index contributed by atoms with van der Waals surface area (Å²) in [5, 5.41) is 0. The lowest BCUT2D eigenvalue weighted by molar-refractivity contribution is -0.854. The van der Waals surface area contributed by atoms with E-state index in [0.717, 1.165) is 4.60 Å². The van der Waals surface area contributed by atoms with E-state index in [2.05, 4.69) is 15.9 Å². The van der Waals surface area contributed by atoms with Crippen LogP contribution >= 0.6 is 15.9 Å². The summed E-state index contributed by atoms with van der Waals surface area (Å²) in [5.41, 5.74) is 0. The van der Waals surface area contributed by atoms with E-state index < -0.39 is 0 Å². The Hall–Kier alpha value is -0.840. The van der Waals surface area contributed by atoms with Crippen molar-refractivity contribution in [2.24, 2.45) is 13.0 Å². The molecule has 1 aromatic rings. The van der Waals surface area contributed by atoms with Gasteiger partial charge in [-0.05, 0) is 10.7 Å². The van der Waals surface area contributed by atoms with E-state index in [9.17, 15) is 4.79 Å². The Balaban J connectivity index is 3.04. The van der Waals surface area contributed by atoms with E-state index in [4.69, 9.17) is 9.26 Å². The van der Waals surface area contributed by atoms with Gasteiger partial charge in [0.05, 0.1) is 13.2 Å². The number of aromatic nitrogens is 1. The molecule has 1 heterocycles. The predicted octanol–water partition coefficient (Wildman–Crippen LogP) is 1.78. The van der Waals surface area contributed by atoms with Gasteiger partial charge in [0.2, 0.25) is 5.76 Å². The zero-order valence-corrected chi connectivity index (χ0v) is 10.9. The standard InChI is InChI=1S/C10H15BrNO3/c1-6(2)9(10(13)14-4)7-5-8(11)12(3)15-7/h5-6,9H,1-4H3/q+1. The average Bonchev–Trinajstić information content (AvgIpc) is 2.46. The summed E-state index contributed by atoms with van der Waals surface area (Å²) in [6.07, 6.45) is 0. The highest BCUT2D eigenvalue weighted by molar-refractivity contribution is 9.10. The first-order valence-corrected chi connectivity index (χ1v) is 5.50. The van der Waals surface area contributed by atoms with Crippen LogP contribution < -0.4 is 4.74 Å². The second-order valence-electron chi connectivity index (χ2n) is 3.70. The summed E-state index contributed by atoms with van der Waals surface area (Å²) >= 11 is 3.32. The van der Waals surface area contributed by atoms with Crippen molar-refractivity contribution in [2.75, 3.05) is 7.11 Å². The number of hydrogen-bond donors (Lipinski definition) is 0. The summed E-state index contributed by atoms with van der Waals surface area (Å²) in [7, 11) is 3.15. The zero-order valence-electron chi connectivity index (χ0n) is 9.28. The molecule has 4 nitrogen and oxygen atoms in total. The summed E-state index contributed by atoms with van der Waals surface area (Å²) in [6, 6.07) is 1.79. The first-order chi connectivity index (χ1) is 6.97. The topological polar surface area (TPSA) is 43.3 Å². The molecule has 0 saturated carbocycles. The normalized spacial score (nSPS) is 12.9. The minimum absolute atomic E-state index is 0.135. The van der Waals surface area contributed by atoms with Crippen LogP contribution in [0.15, 0.2) is 15.2 Å². The third-order valence-corrected chi connectivity index (χ3v) is 2.96. The monoisotopic (exact) mass is 276 g/mol. The van der Waals surface area contributed by atoms with Crippen molar-refractivity contribution in [2.45, 2.75) is 19.8 Å². The van der Waals surface area contributed by atoms with Gasteiger partial charge in [-0.25, -0.2) is 4.52 Å². The Morgan fingerprint density at radius 2 is 2.20 bits per heavy atom. The van der Waals surface area contributed by atoms with Gasteiger partial charge < -0.3 is 4.74 Å². The van der Waals surface area contributed by atoms with Gasteiger partial charge in [0, 0.05) is 15.9 Å². The van der Waals surface area contributed by atoms with E-state index in [-0.39, 0.29) is 17.8 Å². The molecule has 0 bridgehead atoms. The first kappa shape index (κ1) is 12.2. The number of carbonyl (C=O) groups is 1. The van der Waals surface area contributed by atoms with Gasteiger partial charge in [-0.3, -0.25) is 4.79 Å². The number of hydrogen-bond acceptors (Lipinski definition) is 3. The Kier molecular flexibility index (Phi) is 3.90. The Morgan fingerprint density at radius 3 is 2.53 bits per heavy atom. The van der Waals surface area contributed by atoms with Gasteiger partial charge in [-0.15, -0.1) is 0 Å². The predicted molar refractivity (Wildman–Crippen MR) is 57.2 cm³/mol. The van der Waals surface area contributed by atoms with Crippen LogP contribution in [0.2, 0.25) is 0 Å².